The van der Waals surface area contributed by atoms with Crippen LogP contribution >= 0.6 is 23.2 Å². The van der Waals surface area contributed by atoms with E-state index in [1.165, 1.54) is 17.7 Å². The molecule has 8 nitrogen and oxygen atoms in total. The second kappa shape index (κ2) is 18.4. The number of rotatable bonds is 12. The van der Waals surface area contributed by atoms with Gasteiger partial charge in [-0.15, -0.1) is 0 Å². The molecule has 11 heteroatoms. The molecule has 0 radical (unpaired) electrons. The number of piperazine rings is 1. The van der Waals surface area contributed by atoms with E-state index in [9.17, 15) is 9.18 Å². The molecule has 1 atom stereocenters. The molecule has 0 bridgehead atoms. The van der Waals surface area contributed by atoms with Gasteiger partial charge < -0.3 is 24.6 Å². The summed E-state index contributed by atoms with van der Waals surface area (Å²) in [6.45, 7) is 7.14. The Morgan fingerprint density at radius 1 is 0.944 bits per heavy atom. The first-order chi connectivity index (χ1) is 26.1. The number of anilines is 2. The topological polar surface area (TPSA) is 81.1 Å². The number of carbonyl (C=O) groups is 1. The number of fused-ring (bicyclic) bond motifs is 2. The molecule has 4 aromatic carbocycles. The molecule has 4 aromatic rings. The highest BCUT2D eigenvalue weighted by Crippen LogP contribution is 2.45. The Morgan fingerprint density at radius 3 is 2.50 bits per heavy atom. The molecule has 0 aliphatic carbocycles. The molecule has 1 saturated heterocycles. The Labute approximate surface area is 328 Å². The minimum atomic E-state index is -0.562. The maximum absolute atomic E-state index is 13.4. The second-order valence-electron chi connectivity index (χ2n) is 14.3. The van der Waals surface area contributed by atoms with Crippen molar-refractivity contribution in [3.05, 3.63) is 123 Å². The zero-order valence-electron chi connectivity index (χ0n) is 31.1. The molecule has 0 spiro atoms. The molecule has 3 aliphatic heterocycles. The van der Waals surface area contributed by atoms with E-state index in [0.29, 0.717) is 35.2 Å². The van der Waals surface area contributed by atoms with E-state index in [4.69, 9.17) is 37.9 Å². The lowest BCUT2D eigenvalue weighted by molar-refractivity contribution is -0.116. The van der Waals surface area contributed by atoms with E-state index in [1.54, 1.807) is 12.1 Å². The van der Waals surface area contributed by atoms with E-state index >= 15 is 0 Å². The largest absolute Gasteiger partial charge is 0.494 e. The lowest BCUT2D eigenvalue weighted by Gasteiger charge is -2.36. The molecular formula is C43H48Cl2FN5O3. The molecule has 1 N–H and O–H groups in total. The van der Waals surface area contributed by atoms with Crippen LogP contribution in [-0.4, -0.2) is 75.7 Å². The Bertz CT molecular complexity index is 1940. The van der Waals surface area contributed by atoms with Crippen molar-refractivity contribution in [2.24, 2.45) is 0 Å². The van der Waals surface area contributed by atoms with E-state index in [1.807, 2.05) is 62.6 Å². The average molecular weight is 773 g/mol. The molecular weight excluding hydrogens is 724 g/mol. The van der Waals surface area contributed by atoms with Gasteiger partial charge in [0.25, 0.3) is 0 Å². The summed E-state index contributed by atoms with van der Waals surface area (Å²) in [5.41, 5.74) is 6.27. The van der Waals surface area contributed by atoms with E-state index in [0.717, 1.165) is 105 Å². The molecule has 7 rings (SSSR count). The molecule has 1 unspecified atom stereocenters. The van der Waals surface area contributed by atoms with Gasteiger partial charge in [-0.05, 0) is 124 Å². The zero-order valence-corrected chi connectivity index (χ0v) is 32.6. The third kappa shape index (κ3) is 9.73. The molecule has 0 saturated carbocycles. The summed E-state index contributed by atoms with van der Waals surface area (Å²) >= 11 is 12.5. The number of carbonyl (C=O) groups excluding carboxylic acids is 1. The van der Waals surface area contributed by atoms with Gasteiger partial charge in [0.05, 0.1) is 40.6 Å². The van der Waals surface area contributed by atoms with Gasteiger partial charge in [-0.1, -0.05) is 53.5 Å². The number of benzene rings is 4. The zero-order chi connectivity index (χ0) is 38.1. The third-order valence-electron chi connectivity index (χ3n) is 10.3. The third-order valence-corrected chi connectivity index (χ3v) is 11.2. The number of halogens is 3. The summed E-state index contributed by atoms with van der Waals surface area (Å²) < 4.78 is 25.5. The summed E-state index contributed by atoms with van der Waals surface area (Å²) in [5, 5.41) is 13.3. The minimum absolute atomic E-state index is 0.0809. The van der Waals surface area contributed by atoms with Crippen molar-refractivity contribution in [3.8, 4) is 11.8 Å². The number of hydrogen-bond acceptors (Lipinski definition) is 7. The van der Waals surface area contributed by atoms with Crippen LogP contribution in [0.1, 0.15) is 59.9 Å². The van der Waals surface area contributed by atoms with Crippen LogP contribution in [-0.2, 0) is 28.2 Å². The van der Waals surface area contributed by atoms with E-state index in [-0.39, 0.29) is 11.7 Å². The lowest BCUT2D eigenvalue weighted by atomic mass is 9.81. The Hall–Kier alpha value is -4.17. The summed E-state index contributed by atoms with van der Waals surface area (Å²) in [5.74, 6) is 0.653. The number of unbranched alkanes of at least 4 members (excludes halogenated alkanes) is 1. The average Bonchev–Trinajstić information content (AvgIpc) is 3.54. The van der Waals surface area contributed by atoms with Gasteiger partial charge in [0.1, 0.15) is 17.2 Å². The van der Waals surface area contributed by atoms with Crippen LogP contribution < -0.4 is 15.0 Å². The van der Waals surface area contributed by atoms with Crippen LogP contribution in [0.15, 0.2) is 78.9 Å². The van der Waals surface area contributed by atoms with Crippen molar-refractivity contribution in [3.63, 3.8) is 0 Å². The van der Waals surface area contributed by atoms with E-state index < -0.39 is 5.60 Å². The number of amides is 1. The predicted octanol–water partition coefficient (Wildman–Crippen LogP) is 8.67. The van der Waals surface area contributed by atoms with Gasteiger partial charge in [-0.3, -0.25) is 9.69 Å². The first-order valence-corrected chi connectivity index (χ1v) is 19.5. The molecule has 1 amide bonds. The summed E-state index contributed by atoms with van der Waals surface area (Å²) in [4.78, 5) is 18.5. The maximum Gasteiger partial charge on any atom is 0.224 e. The fraction of sp³-hybridized carbons (Fsp3) is 0.395. The van der Waals surface area contributed by atoms with Crippen molar-refractivity contribution < 1.29 is 18.7 Å². The number of nitrogens with zero attached hydrogens (tertiary/aromatic N) is 4. The highest BCUT2D eigenvalue weighted by atomic mass is 35.5. The molecule has 54 heavy (non-hydrogen) atoms. The summed E-state index contributed by atoms with van der Waals surface area (Å²) in [6.07, 6.45) is 5.24. The summed E-state index contributed by atoms with van der Waals surface area (Å²) in [6, 6.07) is 26.3. The number of nitrogens with one attached hydrogen (secondary N) is 1. The first-order valence-electron chi connectivity index (χ1n) is 18.7. The van der Waals surface area contributed by atoms with Crippen molar-refractivity contribution in [1.29, 1.82) is 5.26 Å². The molecule has 284 valence electrons. The van der Waals surface area contributed by atoms with Crippen LogP contribution in [0, 0.1) is 17.1 Å². The van der Waals surface area contributed by atoms with Gasteiger partial charge in [-0.25, -0.2) is 4.39 Å². The number of ether oxygens (including phenoxy) is 2. The highest BCUT2D eigenvalue weighted by Gasteiger charge is 2.41. The van der Waals surface area contributed by atoms with Crippen LogP contribution in [0.4, 0.5) is 15.8 Å². The monoisotopic (exact) mass is 771 g/mol. The van der Waals surface area contributed by atoms with Crippen LogP contribution in [0.3, 0.4) is 0 Å². The quantitative estimate of drug-likeness (QED) is 0.145. The second-order valence-corrected chi connectivity index (χ2v) is 15.1. The highest BCUT2D eigenvalue weighted by molar-refractivity contribution is 6.43. The van der Waals surface area contributed by atoms with Crippen LogP contribution in [0.2, 0.25) is 10.0 Å². The lowest BCUT2D eigenvalue weighted by Crippen LogP contribution is -2.46. The fourth-order valence-corrected chi connectivity index (χ4v) is 7.84. The predicted molar refractivity (Wildman–Crippen MR) is 214 cm³/mol. The molecule has 3 heterocycles. The number of hydrogen-bond donors (Lipinski definition) is 1. The molecule has 0 aromatic heterocycles. The van der Waals surface area contributed by atoms with Gasteiger partial charge in [-0.2, -0.15) is 5.26 Å². The van der Waals surface area contributed by atoms with Crippen molar-refractivity contribution in [2.75, 3.05) is 70.2 Å². The van der Waals surface area contributed by atoms with Crippen molar-refractivity contribution in [1.82, 2.24) is 9.80 Å². The number of aryl methyl sites for hydroxylation is 1. The van der Waals surface area contributed by atoms with Gasteiger partial charge >= 0.3 is 0 Å². The minimum Gasteiger partial charge on any atom is -0.494 e. The first kappa shape index (κ1) is 39.5. The van der Waals surface area contributed by atoms with E-state index in [2.05, 4.69) is 32.2 Å². The van der Waals surface area contributed by atoms with Crippen molar-refractivity contribution >= 4 is 40.5 Å². The molecule has 3 aliphatic rings. The molecule has 1 fully saturated rings. The smallest absolute Gasteiger partial charge is 0.224 e. The summed E-state index contributed by atoms with van der Waals surface area (Å²) in [7, 11) is 4.10. The Balaban J connectivity index is 0.000000189. The van der Waals surface area contributed by atoms with Crippen LogP contribution in [0.5, 0.6) is 5.75 Å². The fourth-order valence-electron chi connectivity index (χ4n) is 7.43. The van der Waals surface area contributed by atoms with Gasteiger partial charge in [0.2, 0.25) is 5.91 Å². The Kier molecular flexibility index (Phi) is 13.5. The van der Waals surface area contributed by atoms with Gasteiger partial charge in [0.15, 0.2) is 0 Å². The van der Waals surface area contributed by atoms with Crippen molar-refractivity contribution in [2.45, 2.75) is 50.7 Å². The van der Waals surface area contributed by atoms with Crippen LogP contribution in [0.25, 0.3) is 0 Å². The SMILES string of the molecule is CN(C)CCCC1(c2ccc(F)cc2)OCc2cc(C#N)ccc21.O=C1CCc2ccc(OCCCCN3CCN(c4cccc(Cl)c4Cl)CC3)cc2N1. The maximum atomic E-state index is 13.4. The normalized spacial score (nSPS) is 17.9. The van der Waals surface area contributed by atoms with Gasteiger partial charge in [0, 0.05) is 44.4 Å². The number of nitriles is 1. The Morgan fingerprint density at radius 2 is 1.74 bits per heavy atom. The standard InChI is InChI=1S/C23H27Cl2N3O2.C20H21FN2O/c24-19-4-3-5-21(23(19)25)28-13-11-27(12-14-28)10-1-2-15-30-18-8-6-17-7-9-22(29)26-20(17)16-18;1-23(2)11-3-10-20(17-5-7-18(21)8-6-17)19-9-4-15(13-22)12-16(19)14-24-20/h3-6,8,16H,1-2,7,9-15H2,(H,26,29);4-9,12H,3,10-11,14H2,1-2H3.